The zero-order valence-electron chi connectivity index (χ0n) is 42.5. The summed E-state index contributed by atoms with van der Waals surface area (Å²) in [5.41, 5.74) is 1.91. The van der Waals surface area contributed by atoms with Crippen molar-refractivity contribution in [1.82, 2.24) is 5.32 Å². The summed E-state index contributed by atoms with van der Waals surface area (Å²) >= 11 is 0. The summed E-state index contributed by atoms with van der Waals surface area (Å²) in [7, 11) is -3.93. The highest BCUT2D eigenvalue weighted by Crippen LogP contribution is 2.39. The number of hydrogen-bond donors (Lipinski definition) is 7. The van der Waals surface area contributed by atoms with E-state index in [0.29, 0.717) is 107 Å². The largest absolute Gasteiger partial charge is 0.507 e. The zero-order chi connectivity index (χ0) is 52.9. The molecule has 4 aliphatic rings. The van der Waals surface area contributed by atoms with Gasteiger partial charge in [0, 0.05) is 35.1 Å². The van der Waals surface area contributed by atoms with Gasteiger partial charge in [0.15, 0.2) is 25.2 Å². The van der Waals surface area contributed by atoms with E-state index in [1.807, 2.05) is 25.1 Å². The summed E-state index contributed by atoms with van der Waals surface area (Å²) < 4.78 is 73.4. The van der Waals surface area contributed by atoms with E-state index in [4.69, 9.17) is 43.0 Å². The van der Waals surface area contributed by atoms with Gasteiger partial charge in [0.1, 0.15) is 17.2 Å². The lowest BCUT2D eigenvalue weighted by atomic mass is 9.95. The second-order valence-electron chi connectivity index (χ2n) is 20.3. The predicted molar refractivity (Wildman–Crippen MR) is 273 cm³/mol. The molecule has 0 radical (unpaired) electrons. The van der Waals surface area contributed by atoms with Gasteiger partial charge in [-0.15, -0.1) is 0 Å². The van der Waals surface area contributed by atoms with Crippen molar-refractivity contribution in [2.75, 3.05) is 13.2 Å². The molecular weight excluding hydrogens is 989 g/mol. The molecule has 8 rings (SSSR count). The molecule has 0 aromatic heterocycles. The van der Waals surface area contributed by atoms with E-state index >= 15 is 0 Å². The van der Waals surface area contributed by atoms with Crippen molar-refractivity contribution in [3.05, 3.63) is 119 Å². The molecule has 1 amide bonds. The number of ether oxygens (including phenoxy) is 8. The number of aliphatic hydroxyl groups is 2. The Hall–Kier alpha value is -4.74. The number of hydrogen-bond acceptors (Lipinski definition) is 16. The van der Waals surface area contributed by atoms with E-state index in [0.717, 1.165) is 12.8 Å². The average molecular weight is 1060 g/mol. The molecule has 410 valence electrons. The normalized spacial score (nSPS) is 28.3. The van der Waals surface area contributed by atoms with Crippen molar-refractivity contribution < 1.29 is 76.6 Å². The van der Waals surface area contributed by atoms with Crippen molar-refractivity contribution in [3.8, 4) is 17.2 Å². The van der Waals surface area contributed by atoms with Crippen LogP contribution in [-0.2, 0) is 47.9 Å². The molecule has 13 unspecified atom stereocenters. The maximum Gasteiger partial charge on any atom is 0.251 e. The maximum atomic E-state index is 13.2. The van der Waals surface area contributed by atoms with Gasteiger partial charge >= 0.3 is 0 Å². The van der Waals surface area contributed by atoms with Gasteiger partial charge < -0.3 is 68.7 Å². The molecule has 19 heteroatoms. The van der Waals surface area contributed by atoms with Crippen LogP contribution in [0.4, 0.5) is 0 Å². The fourth-order valence-corrected chi connectivity index (χ4v) is 11.0. The van der Waals surface area contributed by atoms with Crippen molar-refractivity contribution in [2.45, 2.75) is 188 Å². The van der Waals surface area contributed by atoms with Crippen LogP contribution in [0.1, 0.15) is 149 Å². The Balaban J connectivity index is 0.832. The van der Waals surface area contributed by atoms with Gasteiger partial charge in [0.25, 0.3) is 5.91 Å². The van der Waals surface area contributed by atoms with E-state index in [1.54, 1.807) is 54.6 Å². The number of benzene rings is 4. The van der Waals surface area contributed by atoms with Crippen molar-refractivity contribution in [2.24, 2.45) is 5.14 Å². The van der Waals surface area contributed by atoms with Gasteiger partial charge in [0.05, 0.1) is 73.0 Å². The quantitative estimate of drug-likeness (QED) is 0.0371. The molecule has 0 spiro atoms. The maximum absolute atomic E-state index is 13.2. The number of para-hydroxylation sites is 3. The predicted octanol–water partition coefficient (Wildman–Crippen LogP) is 7.96. The third-order valence-electron chi connectivity index (χ3n) is 14.4. The number of aliphatic hydroxyl groups excluding tert-OH is 2. The van der Waals surface area contributed by atoms with E-state index in [2.05, 4.69) is 5.32 Å². The van der Waals surface area contributed by atoms with Crippen LogP contribution in [0.5, 0.6) is 17.2 Å². The third kappa shape index (κ3) is 16.6. The second-order valence-corrected chi connectivity index (χ2v) is 21.9. The van der Waals surface area contributed by atoms with Crippen LogP contribution in [0.25, 0.3) is 0 Å². The summed E-state index contributed by atoms with van der Waals surface area (Å²) in [6.45, 7) is 2.45. The minimum atomic E-state index is -3.93. The van der Waals surface area contributed by atoms with Crippen molar-refractivity contribution in [1.29, 1.82) is 0 Å². The molecule has 8 N–H and O–H groups in total. The number of nitrogens with one attached hydrogen (secondary N) is 1. The van der Waals surface area contributed by atoms with Crippen molar-refractivity contribution >= 4 is 15.9 Å². The highest BCUT2D eigenvalue weighted by atomic mass is 32.2. The molecule has 4 aromatic rings. The van der Waals surface area contributed by atoms with E-state index in [1.165, 1.54) is 24.3 Å². The number of primary sulfonamides is 1. The molecular formula is C56H74N2O16S. The minimum Gasteiger partial charge on any atom is -0.507 e. The lowest BCUT2D eigenvalue weighted by Gasteiger charge is -2.38. The summed E-state index contributed by atoms with van der Waals surface area (Å²) in [6, 6.07) is 26.2. The summed E-state index contributed by atoms with van der Waals surface area (Å²) in [6.07, 6.45) is 3.13. The fraction of sp³-hybridized carbons (Fsp3) is 0.554. The number of amides is 1. The minimum absolute atomic E-state index is 0.00666. The fourth-order valence-electron chi connectivity index (χ4n) is 10.5. The number of sulfonamides is 1. The van der Waals surface area contributed by atoms with Gasteiger partial charge in [0.2, 0.25) is 10.0 Å². The Kier molecular flexibility index (Phi) is 20.4. The third-order valence-corrected chi connectivity index (χ3v) is 15.3. The average Bonchev–Trinajstić information content (AvgIpc) is 3.38. The van der Waals surface area contributed by atoms with E-state index < -0.39 is 53.3 Å². The SMILES string of the molecule is CC1CC(CCCC2CC(CC(O)CCCC3CC(CCCC(O)CC4CCOC(c5ccccc5O)O4)OC(c4ccccc4O)O3)OC(CNC(=O)c3ccc(S(N)(=O)=O)cc3)O2)OC(c2ccccc2O)O1. The lowest BCUT2D eigenvalue weighted by molar-refractivity contribution is -0.251. The van der Waals surface area contributed by atoms with Gasteiger partial charge in [-0.1, -0.05) is 54.6 Å². The number of nitrogens with two attached hydrogens (primary N) is 1. The van der Waals surface area contributed by atoms with Crippen LogP contribution in [0, 0.1) is 0 Å². The Morgan fingerprint density at radius 1 is 0.587 bits per heavy atom. The standard InChI is InChI=1S/C56H74N2O16S/c1-35-29-39(72-55(68-35)47-18-3-6-21-50(47)62)15-10-16-40-33-44(70-52(69-40)34-58-53(64)36-23-25-45(26-24-36)75(57,65)66)31-38(60)12-9-14-42-32-41(73-56(74-42)48-19-4-7-22-51(48)63)13-8-11-37(59)30-43-27-28-67-54(71-43)46-17-2-5-20-49(46)61/h2-7,17-26,35,37-44,52,54-56,59-63H,8-16,27-34H2,1H3,(H,58,64)(H2,57,65,66). The van der Waals surface area contributed by atoms with Crippen LogP contribution in [0.2, 0.25) is 0 Å². The summed E-state index contributed by atoms with van der Waals surface area (Å²) in [4.78, 5) is 13.1. The zero-order valence-corrected chi connectivity index (χ0v) is 43.3. The van der Waals surface area contributed by atoms with E-state index in [-0.39, 0.29) is 77.0 Å². The number of carbonyl (C=O) groups excluding carboxylic acids is 1. The molecule has 4 aliphatic heterocycles. The molecule has 4 aromatic carbocycles. The molecule has 13 atom stereocenters. The Morgan fingerprint density at radius 2 is 1.04 bits per heavy atom. The van der Waals surface area contributed by atoms with Gasteiger partial charge in [-0.2, -0.15) is 0 Å². The first kappa shape index (κ1) is 56.5. The number of phenolic OH excluding ortho intramolecular Hbond substituents is 3. The Bertz CT molecular complexity index is 2540. The molecule has 4 heterocycles. The van der Waals surface area contributed by atoms with Crippen LogP contribution in [0.3, 0.4) is 0 Å². The first-order chi connectivity index (χ1) is 36.1. The topological polar surface area (TPSA) is 264 Å². The first-order valence-electron chi connectivity index (χ1n) is 26.4. The smallest absolute Gasteiger partial charge is 0.251 e. The molecule has 4 saturated heterocycles. The van der Waals surface area contributed by atoms with Gasteiger partial charge in [-0.3, -0.25) is 4.79 Å². The molecule has 18 nitrogen and oxygen atoms in total. The van der Waals surface area contributed by atoms with Gasteiger partial charge in [-0.25, -0.2) is 13.6 Å². The number of phenols is 3. The monoisotopic (exact) mass is 1060 g/mol. The Labute approximate surface area is 439 Å². The first-order valence-corrected chi connectivity index (χ1v) is 28.0. The van der Waals surface area contributed by atoms with Crippen LogP contribution in [-0.4, -0.2) is 114 Å². The molecule has 4 fully saturated rings. The molecule has 0 bridgehead atoms. The van der Waals surface area contributed by atoms with Crippen LogP contribution in [0.15, 0.2) is 102 Å². The number of rotatable bonds is 23. The van der Waals surface area contributed by atoms with Crippen molar-refractivity contribution in [3.63, 3.8) is 0 Å². The Morgan fingerprint density at radius 3 is 1.60 bits per heavy atom. The molecule has 0 aliphatic carbocycles. The highest BCUT2D eigenvalue weighted by molar-refractivity contribution is 7.89. The summed E-state index contributed by atoms with van der Waals surface area (Å²) in [5, 5.41) is 62.2. The van der Waals surface area contributed by atoms with Crippen LogP contribution >= 0.6 is 0 Å². The molecule has 75 heavy (non-hydrogen) atoms. The summed E-state index contributed by atoms with van der Waals surface area (Å²) in [5.74, 6) is -0.165. The van der Waals surface area contributed by atoms with Gasteiger partial charge in [-0.05, 0) is 133 Å². The van der Waals surface area contributed by atoms with Crippen LogP contribution < -0.4 is 10.5 Å². The van der Waals surface area contributed by atoms with E-state index in [9.17, 15) is 38.7 Å². The second kappa shape index (κ2) is 27.0. The molecule has 0 saturated carbocycles. The lowest BCUT2D eigenvalue weighted by Crippen LogP contribution is -2.45. The number of carbonyl (C=O) groups is 1. The highest BCUT2D eigenvalue weighted by Gasteiger charge is 2.36. The number of aromatic hydroxyl groups is 3.